The number of piperidine rings is 1. The van der Waals surface area contributed by atoms with Crippen molar-refractivity contribution in [2.24, 2.45) is 0 Å². The summed E-state index contributed by atoms with van der Waals surface area (Å²) in [6, 6.07) is 26.0. The molecule has 1 amide bonds. The maximum absolute atomic E-state index is 12.7. The van der Waals surface area contributed by atoms with Crippen LogP contribution in [0.5, 0.6) is 17.4 Å². The van der Waals surface area contributed by atoms with Crippen LogP contribution in [0.4, 0.5) is 10.5 Å². The normalized spacial score (nSPS) is 17.0. The van der Waals surface area contributed by atoms with E-state index in [4.69, 9.17) is 21.1 Å². The second-order valence-electron chi connectivity index (χ2n) is 10.6. The first-order valence-corrected chi connectivity index (χ1v) is 14.5. The average molecular weight is 582 g/mol. The van der Waals surface area contributed by atoms with Crippen LogP contribution >= 0.6 is 11.6 Å². The number of hydrogen-bond donors (Lipinski definition) is 2. The van der Waals surface area contributed by atoms with Gasteiger partial charge in [-0.1, -0.05) is 54.1 Å². The Labute approximate surface area is 250 Å². The van der Waals surface area contributed by atoms with Crippen LogP contribution in [-0.2, 0) is 12.0 Å². The molecule has 6 rings (SSSR count). The van der Waals surface area contributed by atoms with Crippen molar-refractivity contribution in [3.8, 4) is 17.4 Å². The molecule has 1 fully saturated rings. The highest BCUT2D eigenvalue weighted by molar-refractivity contribution is 6.30. The van der Waals surface area contributed by atoms with Gasteiger partial charge in [-0.25, -0.2) is 9.78 Å². The Morgan fingerprint density at radius 3 is 2.60 bits per heavy atom. The first-order chi connectivity index (χ1) is 20.5. The molecule has 3 heterocycles. The summed E-state index contributed by atoms with van der Waals surface area (Å²) >= 11 is 6.04. The van der Waals surface area contributed by atoms with Crippen LogP contribution in [-0.4, -0.2) is 40.7 Å². The van der Waals surface area contributed by atoms with Crippen molar-refractivity contribution >= 4 is 29.0 Å². The van der Waals surface area contributed by atoms with Crippen molar-refractivity contribution in [3.05, 3.63) is 119 Å². The van der Waals surface area contributed by atoms with E-state index < -0.39 is 11.7 Å². The van der Waals surface area contributed by atoms with E-state index in [-0.39, 0.29) is 0 Å². The number of rotatable bonds is 6. The molecule has 0 aliphatic carbocycles. The molecule has 4 aromatic rings. The number of amides is 1. The number of likely N-dealkylation sites (tertiary alicyclic amines) is 1. The van der Waals surface area contributed by atoms with E-state index in [0.717, 1.165) is 48.3 Å². The molecule has 3 aromatic carbocycles. The minimum absolute atomic E-state index is 0.467. The number of carbonyl (C=O) groups excluding carboxylic acids is 1. The van der Waals surface area contributed by atoms with Crippen LogP contribution in [0.15, 0.2) is 97.2 Å². The fraction of sp³-hybridized carbons (Fsp3) is 0.235. The second kappa shape index (κ2) is 12.4. The van der Waals surface area contributed by atoms with Crippen molar-refractivity contribution in [1.29, 1.82) is 0 Å². The molecule has 2 aliphatic heterocycles. The standard InChI is InChI=1S/C34H32ClN3O4/c35-26-15-13-25(14-16-26)34(40)17-21-38(22-18-34)20-6-7-24-23-29-30(37-33(39)41-27-8-2-1-3-9-27)11-4-12-31(29)42-32-28(24)10-5-19-36-32/h1-5,7-16,19,40H,6,17-18,20-23H2,(H,37,39). The second-order valence-corrected chi connectivity index (χ2v) is 11.1. The van der Waals surface area contributed by atoms with Crippen LogP contribution in [0.1, 0.15) is 36.0 Å². The fourth-order valence-electron chi connectivity index (χ4n) is 5.60. The molecule has 8 heteroatoms. The smallest absolute Gasteiger partial charge is 0.417 e. The van der Waals surface area contributed by atoms with E-state index in [9.17, 15) is 9.90 Å². The zero-order chi connectivity index (χ0) is 28.9. The van der Waals surface area contributed by atoms with Gasteiger partial charge in [0.1, 0.15) is 11.5 Å². The molecule has 0 spiro atoms. The summed E-state index contributed by atoms with van der Waals surface area (Å²) < 4.78 is 11.7. The maximum atomic E-state index is 12.7. The predicted octanol–water partition coefficient (Wildman–Crippen LogP) is 7.45. The highest BCUT2D eigenvalue weighted by Gasteiger charge is 2.33. The van der Waals surface area contributed by atoms with Crippen LogP contribution in [0.2, 0.25) is 5.02 Å². The molecule has 2 aliphatic rings. The van der Waals surface area contributed by atoms with E-state index >= 15 is 0 Å². The number of fused-ring (bicyclic) bond motifs is 2. The predicted molar refractivity (Wildman–Crippen MR) is 164 cm³/mol. The summed E-state index contributed by atoms with van der Waals surface area (Å²) in [5.41, 5.74) is 3.60. The molecule has 0 bridgehead atoms. The largest absolute Gasteiger partial charge is 0.438 e. The number of carbonyl (C=O) groups is 1. The summed E-state index contributed by atoms with van der Waals surface area (Å²) in [5.74, 6) is 1.65. The number of benzene rings is 3. The summed E-state index contributed by atoms with van der Waals surface area (Å²) in [7, 11) is 0. The Morgan fingerprint density at radius 2 is 1.81 bits per heavy atom. The van der Waals surface area contributed by atoms with Crippen molar-refractivity contribution in [2.75, 3.05) is 25.0 Å². The number of anilines is 1. The third kappa shape index (κ3) is 6.34. The van der Waals surface area contributed by atoms with Gasteiger partial charge < -0.3 is 19.5 Å². The quantitative estimate of drug-likeness (QED) is 0.246. The molecule has 214 valence electrons. The van der Waals surface area contributed by atoms with Crippen molar-refractivity contribution < 1.29 is 19.4 Å². The molecule has 0 saturated carbocycles. The zero-order valence-corrected chi connectivity index (χ0v) is 23.9. The number of halogens is 1. The van der Waals surface area contributed by atoms with Gasteiger partial charge in [0.05, 0.1) is 11.3 Å². The Morgan fingerprint density at radius 1 is 1.02 bits per heavy atom. The number of hydrogen-bond acceptors (Lipinski definition) is 6. The molecular formula is C34H32ClN3O4. The Balaban J connectivity index is 1.16. The lowest BCUT2D eigenvalue weighted by Crippen LogP contribution is -2.42. The lowest BCUT2D eigenvalue weighted by atomic mass is 9.84. The van der Waals surface area contributed by atoms with Gasteiger partial charge in [-0.3, -0.25) is 5.32 Å². The van der Waals surface area contributed by atoms with Crippen LogP contribution in [0.25, 0.3) is 5.57 Å². The Hall–Kier alpha value is -4.17. The highest BCUT2D eigenvalue weighted by Crippen LogP contribution is 2.41. The zero-order valence-electron chi connectivity index (χ0n) is 23.1. The number of aromatic nitrogens is 1. The van der Waals surface area contributed by atoms with Gasteiger partial charge in [0.25, 0.3) is 0 Å². The number of aliphatic hydroxyl groups is 1. The molecular weight excluding hydrogens is 550 g/mol. The minimum Gasteiger partial charge on any atom is -0.438 e. The molecule has 7 nitrogen and oxygen atoms in total. The van der Waals surface area contributed by atoms with E-state index in [1.807, 2.05) is 72.8 Å². The van der Waals surface area contributed by atoms with Crippen LogP contribution < -0.4 is 14.8 Å². The van der Waals surface area contributed by atoms with E-state index in [1.165, 1.54) is 0 Å². The third-order valence-electron chi connectivity index (χ3n) is 7.92. The number of nitrogens with zero attached hydrogens (tertiary/aromatic N) is 2. The highest BCUT2D eigenvalue weighted by atomic mass is 35.5. The van der Waals surface area contributed by atoms with Gasteiger partial charge in [-0.15, -0.1) is 0 Å². The summed E-state index contributed by atoms with van der Waals surface area (Å²) in [6.45, 7) is 2.49. The van der Waals surface area contributed by atoms with Gasteiger partial charge in [0, 0.05) is 48.4 Å². The SMILES string of the molecule is O=C(Nc1cccc2c1CC(=CCCN1CCC(O)(c3ccc(Cl)cc3)CC1)c1cccnc1O2)Oc1ccccc1. The van der Waals surface area contributed by atoms with E-state index in [2.05, 4.69) is 21.3 Å². The van der Waals surface area contributed by atoms with Gasteiger partial charge in [0.15, 0.2) is 0 Å². The first kappa shape index (κ1) is 28.0. The molecule has 0 unspecified atom stereocenters. The number of ether oxygens (including phenoxy) is 2. The van der Waals surface area contributed by atoms with Crippen LogP contribution in [0, 0.1) is 0 Å². The molecule has 0 atom stereocenters. The lowest BCUT2D eigenvalue weighted by molar-refractivity contribution is -0.0254. The molecule has 42 heavy (non-hydrogen) atoms. The van der Waals surface area contributed by atoms with Crippen LogP contribution in [0.3, 0.4) is 0 Å². The van der Waals surface area contributed by atoms with Crippen molar-refractivity contribution in [3.63, 3.8) is 0 Å². The summed E-state index contributed by atoms with van der Waals surface area (Å²) in [4.78, 5) is 19.6. The summed E-state index contributed by atoms with van der Waals surface area (Å²) in [6.07, 6.45) is 6.12. The number of para-hydroxylation sites is 1. The number of pyridine rings is 1. The topological polar surface area (TPSA) is 83.9 Å². The third-order valence-corrected chi connectivity index (χ3v) is 8.17. The molecule has 0 radical (unpaired) electrons. The van der Waals surface area contributed by atoms with Gasteiger partial charge in [-0.05, 0) is 78.9 Å². The molecule has 1 aromatic heterocycles. The maximum Gasteiger partial charge on any atom is 0.417 e. The molecule has 2 N–H and O–H groups in total. The van der Waals surface area contributed by atoms with Gasteiger partial charge in [0.2, 0.25) is 5.88 Å². The fourth-order valence-corrected chi connectivity index (χ4v) is 5.72. The van der Waals surface area contributed by atoms with Gasteiger partial charge in [-0.2, -0.15) is 0 Å². The monoisotopic (exact) mass is 581 g/mol. The summed E-state index contributed by atoms with van der Waals surface area (Å²) in [5, 5.41) is 14.8. The molecule has 1 saturated heterocycles. The van der Waals surface area contributed by atoms with Crippen molar-refractivity contribution in [1.82, 2.24) is 9.88 Å². The van der Waals surface area contributed by atoms with E-state index in [0.29, 0.717) is 47.4 Å². The Kier molecular flexibility index (Phi) is 8.24. The van der Waals surface area contributed by atoms with Crippen molar-refractivity contribution in [2.45, 2.75) is 31.3 Å². The lowest BCUT2D eigenvalue weighted by Gasteiger charge is -2.38. The first-order valence-electron chi connectivity index (χ1n) is 14.2. The Bertz CT molecular complexity index is 1580. The average Bonchev–Trinajstić information content (AvgIpc) is 3.16. The number of allylic oxidation sites excluding steroid dienone is 1. The van der Waals surface area contributed by atoms with E-state index in [1.54, 1.807) is 18.3 Å². The number of nitrogens with one attached hydrogen (secondary N) is 1. The van der Waals surface area contributed by atoms with Gasteiger partial charge >= 0.3 is 6.09 Å². The minimum atomic E-state index is -0.822.